The molecule has 6 heteroatoms. The van der Waals surface area contributed by atoms with Crippen molar-refractivity contribution in [2.24, 2.45) is 0 Å². The topological polar surface area (TPSA) is 69.7 Å². The van der Waals surface area contributed by atoms with Gasteiger partial charge in [-0.15, -0.1) is 0 Å². The van der Waals surface area contributed by atoms with Gasteiger partial charge in [0.05, 0.1) is 16.1 Å². The molecular formula is C21H26O5S. The highest BCUT2D eigenvalue weighted by atomic mass is 32.2. The van der Waals surface area contributed by atoms with Crippen molar-refractivity contribution in [1.82, 2.24) is 0 Å². The first-order valence-corrected chi connectivity index (χ1v) is 10.2. The lowest BCUT2D eigenvalue weighted by molar-refractivity contribution is -0.0154. The smallest absolute Gasteiger partial charge is 0.338 e. The highest BCUT2D eigenvalue weighted by Crippen LogP contribution is 2.28. The summed E-state index contributed by atoms with van der Waals surface area (Å²) in [6, 6.07) is 16.8. The molecule has 0 bridgehead atoms. The standard InChI is InChI=1S/C21H26O5S/c1-20(2,25-19(22)17-11-7-5-8-12-17)15-16-21(3,4)26-27(23,24)18-13-9-6-10-14-18/h5-14H,15-16H2,1-4H3. The Bertz CT molecular complexity index is 856. The van der Waals surface area contributed by atoms with Crippen LogP contribution < -0.4 is 0 Å². The first-order chi connectivity index (χ1) is 12.5. The lowest BCUT2D eigenvalue weighted by Gasteiger charge is -2.30. The van der Waals surface area contributed by atoms with E-state index >= 15 is 0 Å². The normalized spacial score (nSPS) is 12.6. The molecule has 0 aromatic heterocycles. The summed E-state index contributed by atoms with van der Waals surface area (Å²) in [4.78, 5) is 12.4. The maximum atomic E-state index is 12.4. The van der Waals surface area contributed by atoms with E-state index in [0.717, 1.165) is 0 Å². The quantitative estimate of drug-likeness (QED) is 0.487. The van der Waals surface area contributed by atoms with Gasteiger partial charge in [0.1, 0.15) is 5.60 Å². The van der Waals surface area contributed by atoms with Crippen molar-refractivity contribution in [3.8, 4) is 0 Å². The summed E-state index contributed by atoms with van der Waals surface area (Å²) in [5.41, 5.74) is -1.22. The van der Waals surface area contributed by atoms with Gasteiger partial charge in [-0.05, 0) is 64.8 Å². The fourth-order valence-electron chi connectivity index (χ4n) is 2.51. The Morgan fingerprint density at radius 2 is 1.30 bits per heavy atom. The molecule has 0 amide bonds. The van der Waals surface area contributed by atoms with Gasteiger partial charge < -0.3 is 4.74 Å². The van der Waals surface area contributed by atoms with E-state index in [1.54, 1.807) is 70.2 Å². The number of hydrogen-bond donors (Lipinski definition) is 0. The van der Waals surface area contributed by atoms with Crippen LogP contribution in [0.1, 0.15) is 50.9 Å². The molecule has 0 atom stereocenters. The molecule has 0 unspecified atom stereocenters. The molecular weight excluding hydrogens is 364 g/mol. The van der Waals surface area contributed by atoms with Gasteiger partial charge in [-0.25, -0.2) is 4.79 Å². The van der Waals surface area contributed by atoms with Crippen LogP contribution in [0.25, 0.3) is 0 Å². The van der Waals surface area contributed by atoms with E-state index in [9.17, 15) is 13.2 Å². The second kappa shape index (κ2) is 8.23. The van der Waals surface area contributed by atoms with E-state index in [0.29, 0.717) is 18.4 Å². The molecule has 2 aromatic rings. The van der Waals surface area contributed by atoms with Gasteiger partial charge in [0.15, 0.2) is 0 Å². The molecule has 0 spiro atoms. The van der Waals surface area contributed by atoms with Crippen LogP contribution in [0.5, 0.6) is 0 Å². The number of carbonyl (C=O) groups excluding carboxylic acids is 1. The number of esters is 1. The van der Waals surface area contributed by atoms with E-state index in [2.05, 4.69) is 0 Å². The number of hydrogen-bond acceptors (Lipinski definition) is 5. The number of ether oxygens (including phenoxy) is 1. The van der Waals surface area contributed by atoms with E-state index in [1.165, 1.54) is 12.1 Å². The highest BCUT2D eigenvalue weighted by Gasteiger charge is 2.32. The molecule has 0 fully saturated rings. The average molecular weight is 391 g/mol. The Kier molecular flexibility index (Phi) is 6.44. The molecule has 0 aliphatic rings. The SMILES string of the molecule is CC(C)(CCC(C)(C)OS(=O)(=O)c1ccccc1)OC(=O)c1ccccc1. The molecule has 0 aliphatic carbocycles. The van der Waals surface area contributed by atoms with Crippen LogP contribution in [-0.2, 0) is 19.0 Å². The summed E-state index contributed by atoms with van der Waals surface area (Å²) in [5.74, 6) is -0.406. The zero-order valence-corrected chi connectivity index (χ0v) is 17.0. The minimum absolute atomic E-state index is 0.118. The zero-order valence-electron chi connectivity index (χ0n) is 16.1. The van der Waals surface area contributed by atoms with Crippen molar-refractivity contribution < 1.29 is 22.1 Å². The van der Waals surface area contributed by atoms with E-state index in [4.69, 9.17) is 8.92 Å². The molecule has 0 heterocycles. The van der Waals surface area contributed by atoms with Crippen molar-refractivity contribution in [2.75, 3.05) is 0 Å². The molecule has 146 valence electrons. The van der Waals surface area contributed by atoms with E-state index in [-0.39, 0.29) is 4.90 Å². The third-order valence-electron chi connectivity index (χ3n) is 4.07. The Balaban J connectivity index is 1.98. The molecule has 27 heavy (non-hydrogen) atoms. The number of carbonyl (C=O) groups is 1. The van der Waals surface area contributed by atoms with Crippen molar-refractivity contribution >= 4 is 16.1 Å². The second-order valence-electron chi connectivity index (χ2n) is 7.63. The number of rotatable bonds is 8. The summed E-state index contributed by atoms with van der Waals surface area (Å²) in [5, 5.41) is 0. The van der Waals surface area contributed by atoms with Crippen LogP contribution in [0.3, 0.4) is 0 Å². The monoisotopic (exact) mass is 390 g/mol. The van der Waals surface area contributed by atoms with E-state index < -0.39 is 27.3 Å². The summed E-state index contributed by atoms with van der Waals surface area (Å²) in [7, 11) is -3.86. The Morgan fingerprint density at radius 1 is 0.815 bits per heavy atom. The van der Waals surface area contributed by atoms with Gasteiger partial charge in [0, 0.05) is 0 Å². The van der Waals surface area contributed by atoms with Gasteiger partial charge in [-0.2, -0.15) is 8.42 Å². The van der Waals surface area contributed by atoms with Crippen LogP contribution in [0.2, 0.25) is 0 Å². The molecule has 0 N–H and O–H groups in total. The third kappa shape index (κ3) is 6.48. The van der Waals surface area contributed by atoms with Gasteiger partial charge in [0.2, 0.25) is 0 Å². The van der Waals surface area contributed by atoms with Crippen LogP contribution in [0.15, 0.2) is 65.6 Å². The summed E-state index contributed by atoms with van der Waals surface area (Å²) < 4.78 is 35.9. The largest absolute Gasteiger partial charge is 0.456 e. The molecule has 0 saturated heterocycles. The minimum atomic E-state index is -3.86. The summed E-state index contributed by atoms with van der Waals surface area (Å²) in [6.45, 7) is 7.02. The summed E-state index contributed by atoms with van der Waals surface area (Å²) >= 11 is 0. The zero-order chi connectivity index (χ0) is 20.1. The van der Waals surface area contributed by atoms with Crippen LogP contribution in [0.4, 0.5) is 0 Å². The highest BCUT2D eigenvalue weighted by molar-refractivity contribution is 7.86. The van der Waals surface area contributed by atoms with Gasteiger partial charge in [0.25, 0.3) is 10.1 Å². The third-order valence-corrected chi connectivity index (χ3v) is 5.59. The Hall–Kier alpha value is -2.18. The molecule has 5 nitrogen and oxygen atoms in total. The van der Waals surface area contributed by atoms with Gasteiger partial charge in [-0.1, -0.05) is 36.4 Å². The lowest BCUT2D eigenvalue weighted by Crippen LogP contribution is -2.34. The maximum absolute atomic E-state index is 12.4. The molecule has 2 rings (SSSR count). The average Bonchev–Trinajstić information content (AvgIpc) is 2.61. The van der Waals surface area contributed by atoms with Crippen molar-refractivity contribution in [2.45, 2.75) is 56.6 Å². The van der Waals surface area contributed by atoms with Crippen molar-refractivity contribution in [3.63, 3.8) is 0 Å². The summed E-state index contributed by atoms with van der Waals surface area (Å²) in [6.07, 6.45) is 0.844. The molecule has 0 saturated carbocycles. The van der Waals surface area contributed by atoms with Crippen LogP contribution >= 0.6 is 0 Å². The Labute approximate surface area is 161 Å². The molecule has 0 aliphatic heterocycles. The molecule has 2 aromatic carbocycles. The van der Waals surface area contributed by atoms with Crippen LogP contribution in [-0.4, -0.2) is 25.6 Å². The van der Waals surface area contributed by atoms with Gasteiger partial charge >= 0.3 is 5.97 Å². The Morgan fingerprint density at radius 3 is 1.85 bits per heavy atom. The van der Waals surface area contributed by atoms with Crippen molar-refractivity contribution in [3.05, 3.63) is 66.2 Å². The van der Waals surface area contributed by atoms with E-state index in [1.807, 2.05) is 6.07 Å². The predicted molar refractivity (Wildman–Crippen MR) is 104 cm³/mol. The maximum Gasteiger partial charge on any atom is 0.338 e. The lowest BCUT2D eigenvalue weighted by atomic mass is 9.94. The molecule has 0 radical (unpaired) electrons. The van der Waals surface area contributed by atoms with Gasteiger partial charge in [-0.3, -0.25) is 4.18 Å². The predicted octanol–water partition coefficient (Wildman–Crippen LogP) is 4.59. The van der Waals surface area contributed by atoms with Crippen LogP contribution in [0, 0.1) is 0 Å². The fourth-order valence-corrected chi connectivity index (χ4v) is 3.78. The number of benzene rings is 2. The second-order valence-corrected chi connectivity index (χ2v) is 9.17. The fraction of sp³-hybridized carbons (Fsp3) is 0.381. The van der Waals surface area contributed by atoms with Crippen molar-refractivity contribution in [1.29, 1.82) is 0 Å². The first-order valence-electron chi connectivity index (χ1n) is 8.80. The first kappa shape index (κ1) is 21.1. The minimum Gasteiger partial charge on any atom is -0.456 e.